The minimum absolute atomic E-state index is 0.274. The molecule has 2 atom stereocenters. The summed E-state index contributed by atoms with van der Waals surface area (Å²) in [4.78, 5) is 0. The lowest BCUT2D eigenvalue weighted by Gasteiger charge is -2.37. The average Bonchev–Trinajstić information content (AvgIpc) is 3.01. The van der Waals surface area contributed by atoms with Crippen molar-refractivity contribution < 1.29 is 17.9 Å². The average molecular weight is 340 g/mol. The Hall–Kier alpha value is -1.31. The van der Waals surface area contributed by atoms with Crippen molar-refractivity contribution in [3.05, 3.63) is 23.8 Å². The molecular formula is C16H24N2O4S. The van der Waals surface area contributed by atoms with Crippen molar-refractivity contribution in [2.75, 3.05) is 26.1 Å². The molecule has 1 aromatic carbocycles. The molecule has 0 spiro atoms. The van der Waals surface area contributed by atoms with Gasteiger partial charge in [-0.1, -0.05) is 25.5 Å². The molecule has 1 fully saturated rings. The zero-order valence-corrected chi connectivity index (χ0v) is 14.4. The molecule has 1 N–H and O–H groups in total. The summed E-state index contributed by atoms with van der Waals surface area (Å²) in [5.74, 6) is 1.94. The van der Waals surface area contributed by atoms with Crippen LogP contribution in [0, 0.1) is 5.92 Å². The molecule has 1 aromatic rings. The van der Waals surface area contributed by atoms with Gasteiger partial charge in [-0.05, 0) is 18.4 Å². The fourth-order valence-corrected chi connectivity index (χ4v) is 4.25. The van der Waals surface area contributed by atoms with Gasteiger partial charge >= 0.3 is 0 Å². The van der Waals surface area contributed by atoms with Crippen molar-refractivity contribution in [3.63, 3.8) is 0 Å². The van der Waals surface area contributed by atoms with Crippen LogP contribution in [0.5, 0.6) is 11.5 Å². The van der Waals surface area contributed by atoms with Crippen molar-refractivity contribution in [3.8, 4) is 11.5 Å². The van der Waals surface area contributed by atoms with Crippen molar-refractivity contribution >= 4 is 10.0 Å². The van der Waals surface area contributed by atoms with Gasteiger partial charge in [0.05, 0.1) is 6.26 Å². The second-order valence-electron chi connectivity index (χ2n) is 6.22. The maximum atomic E-state index is 11.7. The van der Waals surface area contributed by atoms with Crippen LogP contribution in [0.3, 0.4) is 0 Å². The molecule has 3 rings (SSSR count). The second kappa shape index (κ2) is 6.67. The minimum Gasteiger partial charge on any atom is -0.454 e. The molecule has 6 nitrogen and oxygen atoms in total. The maximum absolute atomic E-state index is 11.7. The van der Waals surface area contributed by atoms with Crippen molar-refractivity contribution in [2.24, 2.45) is 5.92 Å². The molecule has 0 aliphatic carbocycles. The third kappa shape index (κ3) is 3.62. The molecule has 2 heterocycles. The van der Waals surface area contributed by atoms with Gasteiger partial charge in [0.2, 0.25) is 16.8 Å². The highest BCUT2D eigenvalue weighted by Gasteiger charge is 2.32. The van der Waals surface area contributed by atoms with E-state index in [4.69, 9.17) is 9.47 Å². The summed E-state index contributed by atoms with van der Waals surface area (Å²) in [6.45, 7) is 4.27. The lowest BCUT2D eigenvalue weighted by atomic mass is 9.91. The quantitative estimate of drug-likeness (QED) is 0.881. The third-order valence-corrected chi connectivity index (χ3v) is 5.99. The van der Waals surface area contributed by atoms with E-state index in [1.54, 1.807) is 4.31 Å². The monoisotopic (exact) mass is 340 g/mol. The van der Waals surface area contributed by atoms with Crippen LogP contribution in [0.25, 0.3) is 0 Å². The van der Waals surface area contributed by atoms with Crippen LogP contribution in [0.2, 0.25) is 0 Å². The first-order chi connectivity index (χ1) is 11.0. The minimum atomic E-state index is -3.10. The van der Waals surface area contributed by atoms with Gasteiger partial charge in [0.15, 0.2) is 11.5 Å². The lowest BCUT2D eigenvalue weighted by Crippen LogP contribution is -2.50. The molecule has 1 saturated heterocycles. The number of piperidine rings is 1. The Bertz CT molecular complexity index is 662. The van der Waals surface area contributed by atoms with E-state index in [1.807, 2.05) is 18.2 Å². The van der Waals surface area contributed by atoms with E-state index >= 15 is 0 Å². The van der Waals surface area contributed by atoms with E-state index in [2.05, 4.69) is 12.2 Å². The van der Waals surface area contributed by atoms with Crippen LogP contribution in [0.15, 0.2) is 18.2 Å². The smallest absolute Gasteiger partial charge is 0.231 e. The molecule has 2 aliphatic rings. The summed E-state index contributed by atoms with van der Waals surface area (Å²) in [5.41, 5.74) is 1.08. The molecule has 0 aromatic heterocycles. The SMILES string of the molecule is CC[C@H]1CN(S(C)(=O)=O)CC[C@@H]1NCc1cccc2c1OCO2. The Morgan fingerprint density at radius 2 is 2.17 bits per heavy atom. The van der Waals surface area contributed by atoms with Crippen LogP contribution >= 0.6 is 0 Å². The summed E-state index contributed by atoms with van der Waals surface area (Å²) in [6.07, 6.45) is 3.08. The molecular weight excluding hydrogens is 316 g/mol. The highest BCUT2D eigenvalue weighted by Crippen LogP contribution is 2.35. The van der Waals surface area contributed by atoms with Gasteiger partial charge in [-0.2, -0.15) is 0 Å². The van der Waals surface area contributed by atoms with Gasteiger partial charge in [0, 0.05) is 31.2 Å². The van der Waals surface area contributed by atoms with Gasteiger partial charge in [0.25, 0.3) is 0 Å². The first kappa shape index (κ1) is 16.5. The first-order valence-electron chi connectivity index (χ1n) is 8.05. The number of benzene rings is 1. The molecule has 0 radical (unpaired) electrons. The van der Waals surface area contributed by atoms with Crippen molar-refractivity contribution in [2.45, 2.75) is 32.4 Å². The Morgan fingerprint density at radius 3 is 2.91 bits per heavy atom. The molecule has 23 heavy (non-hydrogen) atoms. The van der Waals surface area contributed by atoms with Gasteiger partial charge in [-0.25, -0.2) is 12.7 Å². The Morgan fingerprint density at radius 1 is 1.35 bits per heavy atom. The number of fused-ring (bicyclic) bond motifs is 1. The summed E-state index contributed by atoms with van der Waals surface area (Å²) in [7, 11) is -3.10. The van der Waals surface area contributed by atoms with Gasteiger partial charge in [-0.15, -0.1) is 0 Å². The largest absolute Gasteiger partial charge is 0.454 e. The van der Waals surface area contributed by atoms with Crippen molar-refractivity contribution in [1.29, 1.82) is 0 Å². The topological polar surface area (TPSA) is 67.9 Å². The predicted molar refractivity (Wildman–Crippen MR) is 88.0 cm³/mol. The highest BCUT2D eigenvalue weighted by molar-refractivity contribution is 7.88. The Balaban J connectivity index is 1.64. The van der Waals surface area contributed by atoms with E-state index in [0.717, 1.165) is 29.9 Å². The van der Waals surface area contributed by atoms with Crippen molar-refractivity contribution in [1.82, 2.24) is 9.62 Å². The fourth-order valence-electron chi connectivity index (χ4n) is 3.35. The standard InChI is InChI=1S/C16H24N2O4S/c1-3-12-10-18(23(2,19)20)8-7-14(12)17-9-13-5-4-6-15-16(13)22-11-21-15/h4-6,12,14,17H,3,7-11H2,1-2H3/t12-,14-/m0/s1. The Labute approximate surface area is 137 Å². The number of hydrogen-bond donors (Lipinski definition) is 1. The van der Waals surface area contributed by atoms with E-state index < -0.39 is 10.0 Å². The number of rotatable bonds is 5. The number of ether oxygens (including phenoxy) is 2. The molecule has 0 unspecified atom stereocenters. The number of sulfonamides is 1. The maximum Gasteiger partial charge on any atom is 0.231 e. The van der Waals surface area contributed by atoms with E-state index in [9.17, 15) is 8.42 Å². The first-order valence-corrected chi connectivity index (χ1v) is 9.90. The number of nitrogens with zero attached hydrogens (tertiary/aromatic N) is 1. The summed E-state index contributed by atoms with van der Waals surface area (Å²) < 4.78 is 36.0. The Kier molecular flexibility index (Phi) is 4.79. The van der Waals surface area contributed by atoms with Crippen LogP contribution in [0.1, 0.15) is 25.3 Å². The van der Waals surface area contributed by atoms with Crippen LogP contribution in [0.4, 0.5) is 0 Å². The van der Waals surface area contributed by atoms with Gasteiger partial charge in [-0.3, -0.25) is 0 Å². The van der Waals surface area contributed by atoms with Crippen LogP contribution in [-0.4, -0.2) is 44.9 Å². The number of hydrogen-bond acceptors (Lipinski definition) is 5. The zero-order chi connectivity index (χ0) is 16.4. The van der Waals surface area contributed by atoms with E-state index in [-0.39, 0.29) is 6.79 Å². The molecule has 2 aliphatic heterocycles. The molecule has 0 bridgehead atoms. The molecule has 7 heteroatoms. The lowest BCUT2D eigenvalue weighted by molar-refractivity contribution is 0.172. The fraction of sp³-hybridized carbons (Fsp3) is 0.625. The zero-order valence-electron chi connectivity index (χ0n) is 13.6. The third-order valence-electron chi connectivity index (χ3n) is 4.72. The summed E-state index contributed by atoms with van der Waals surface area (Å²) >= 11 is 0. The van der Waals surface area contributed by atoms with Crippen LogP contribution < -0.4 is 14.8 Å². The summed E-state index contributed by atoms with van der Waals surface area (Å²) in [5, 5.41) is 3.58. The second-order valence-corrected chi connectivity index (χ2v) is 8.20. The number of para-hydroxylation sites is 1. The van der Waals surface area contributed by atoms with Gasteiger partial charge < -0.3 is 14.8 Å². The number of nitrogens with one attached hydrogen (secondary N) is 1. The van der Waals surface area contributed by atoms with Gasteiger partial charge in [0.1, 0.15) is 0 Å². The molecule has 0 saturated carbocycles. The molecule has 128 valence electrons. The highest BCUT2D eigenvalue weighted by atomic mass is 32.2. The molecule has 0 amide bonds. The van der Waals surface area contributed by atoms with E-state index in [0.29, 0.717) is 31.6 Å². The van der Waals surface area contributed by atoms with Crippen LogP contribution in [-0.2, 0) is 16.6 Å². The summed E-state index contributed by atoms with van der Waals surface area (Å²) in [6, 6.07) is 6.23. The normalized spacial score (nSPS) is 24.8. The van der Waals surface area contributed by atoms with E-state index in [1.165, 1.54) is 6.26 Å². The predicted octanol–water partition coefficient (Wildman–Crippen LogP) is 1.56.